The van der Waals surface area contributed by atoms with E-state index in [4.69, 9.17) is 14.2 Å². The van der Waals surface area contributed by atoms with E-state index in [1.165, 1.54) is 5.56 Å². The fraction of sp³-hybridized carbons (Fsp3) is 0.538. The number of rotatable bonds is 8. The van der Waals surface area contributed by atoms with Gasteiger partial charge in [0.1, 0.15) is 5.75 Å². The van der Waals surface area contributed by atoms with Crippen LogP contribution in [-0.4, -0.2) is 33.5 Å². The van der Waals surface area contributed by atoms with E-state index < -0.39 is 0 Å². The molecule has 0 bridgehead atoms. The van der Waals surface area contributed by atoms with Crippen molar-refractivity contribution in [3.05, 3.63) is 29.8 Å². The number of ether oxygens (including phenoxy) is 3. The van der Waals surface area contributed by atoms with Crippen LogP contribution in [0.1, 0.15) is 12.0 Å². The zero-order valence-corrected chi connectivity index (χ0v) is 10.1. The minimum Gasteiger partial charge on any atom is -0.493 e. The first-order valence-electron chi connectivity index (χ1n) is 5.59. The molecule has 3 heteroatoms. The summed E-state index contributed by atoms with van der Waals surface area (Å²) < 4.78 is 15.8. The molecule has 1 aromatic rings. The third-order valence-electron chi connectivity index (χ3n) is 2.12. The third kappa shape index (κ3) is 5.73. The van der Waals surface area contributed by atoms with E-state index in [9.17, 15) is 0 Å². The van der Waals surface area contributed by atoms with Crippen LogP contribution in [-0.2, 0) is 9.47 Å². The first-order valence-corrected chi connectivity index (χ1v) is 5.59. The summed E-state index contributed by atoms with van der Waals surface area (Å²) >= 11 is 0. The first kappa shape index (κ1) is 13.0. The van der Waals surface area contributed by atoms with Crippen molar-refractivity contribution in [3.63, 3.8) is 0 Å². The average molecular weight is 224 g/mol. The van der Waals surface area contributed by atoms with Crippen LogP contribution < -0.4 is 4.74 Å². The minimum atomic E-state index is 0.652. The summed E-state index contributed by atoms with van der Waals surface area (Å²) in [5.74, 6) is 0.928. The SMILES string of the molecule is COCCOCCCOc1cccc(C)c1. The molecule has 0 N–H and O–H groups in total. The minimum absolute atomic E-state index is 0.652. The molecule has 90 valence electrons. The zero-order valence-electron chi connectivity index (χ0n) is 10.1. The third-order valence-corrected chi connectivity index (χ3v) is 2.12. The molecule has 0 fully saturated rings. The summed E-state index contributed by atoms with van der Waals surface area (Å²) in [6.07, 6.45) is 0.900. The van der Waals surface area contributed by atoms with Crippen molar-refractivity contribution in [1.82, 2.24) is 0 Å². The van der Waals surface area contributed by atoms with Gasteiger partial charge in [-0.2, -0.15) is 0 Å². The first-order chi connectivity index (χ1) is 7.83. The van der Waals surface area contributed by atoms with Gasteiger partial charge < -0.3 is 14.2 Å². The van der Waals surface area contributed by atoms with Crippen LogP contribution in [0.3, 0.4) is 0 Å². The van der Waals surface area contributed by atoms with Crippen molar-refractivity contribution in [3.8, 4) is 5.75 Å². The second-order valence-corrected chi connectivity index (χ2v) is 3.62. The Morgan fingerprint density at radius 1 is 1.06 bits per heavy atom. The summed E-state index contributed by atoms with van der Waals surface area (Å²) in [4.78, 5) is 0. The molecule has 0 radical (unpaired) electrons. The summed E-state index contributed by atoms with van der Waals surface area (Å²) in [6, 6.07) is 8.06. The van der Waals surface area contributed by atoms with Crippen molar-refractivity contribution >= 4 is 0 Å². The van der Waals surface area contributed by atoms with E-state index in [1.807, 2.05) is 18.2 Å². The number of methoxy groups -OCH3 is 1. The maximum Gasteiger partial charge on any atom is 0.119 e. The molecule has 1 aromatic carbocycles. The molecule has 0 amide bonds. The van der Waals surface area contributed by atoms with Gasteiger partial charge in [0.15, 0.2) is 0 Å². The summed E-state index contributed by atoms with van der Waals surface area (Å²) in [6.45, 7) is 4.77. The summed E-state index contributed by atoms with van der Waals surface area (Å²) in [5, 5.41) is 0. The highest BCUT2D eigenvalue weighted by atomic mass is 16.5. The van der Waals surface area contributed by atoms with E-state index >= 15 is 0 Å². The molecule has 0 unspecified atom stereocenters. The summed E-state index contributed by atoms with van der Waals surface area (Å²) in [5.41, 5.74) is 1.22. The van der Waals surface area contributed by atoms with Crippen LogP contribution in [0.5, 0.6) is 5.75 Å². The Hall–Kier alpha value is -1.06. The number of hydrogen-bond acceptors (Lipinski definition) is 3. The molecule has 3 nitrogen and oxygen atoms in total. The van der Waals surface area contributed by atoms with E-state index in [1.54, 1.807) is 7.11 Å². The number of benzene rings is 1. The zero-order chi connectivity index (χ0) is 11.6. The average Bonchev–Trinajstić information content (AvgIpc) is 2.28. The van der Waals surface area contributed by atoms with E-state index in [0.29, 0.717) is 19.8 Å². The molecule has 0 aliphatic rings. The second-order valence-electron chi connectivity index (χ2n) is 3.62. The molecule has 0 atom stereocenters. The standard InChI is InChI=1S/C13H20O3/c1-12-5-3-6-13(11-12)16-8-4-7-15-10-9-14-2/h3,5-6,11H,4,7-10H2,1-2H3. The highest BCUT2D eigenvalue weighted by molar-refractivity contribution is 5.27. The maximum atomic E-state index is 5.58. The van der Waals surface area contributed by atoms with Gasteiger partial charge in [0.25, 0.3) is 0 Å². The van der Waals surface area contributed by atoms with Gasteiger partial charge in [-0.1, -0.05) is 12.1 Å². The molecule has 0 aromatic heterocycles. The van der Waals surface area contributed by atoms with Crippen molar-refractivity contribution in [1.29, 1.82) is 0 Å². The van der Waals surface area contributed by atoms with Gasteiger partial charge in [-0.15, -0.1) is 0 Å². The lowest BCUT2D eigenvalue weighted by Gasteiger charge is -2.07. The monoisotopic (exact) mass is 224 g/mol. The lowest BCUT2D eigenvalue weighted by atomic mass is 10.2. The molecular weight excluding hydrogens is 204 g/mol. The van der Waals surface area contributed by atoms with Gasteiger partial charge in [0.05, 0.1) is 19.8 Å². The molecule has 1 rings (SSSR count). The van der Waals surface area contributed by atoms with Crippen LogP contribution in [0.25, 0.3) is 0 Å². The van der Waals surface area contributed by atoms with E-state index in [0.717, 1.165) is 18.8 Å². The van der Waals surface area contributed by atoms with Crippen LogP contribution in [0.2, 0.25) is 0 Å². The molecule has 0 aliphatic carbocycles. The predicted octanol–water partition coefficient (Wildman–Crippen LogP) is 2.43. The molecular formula is C13H20O3. The van der Waals surface area contributed by atoms with Crippen LogP contribution in [0.15, 0.2) is 24.3 Å². The molecule has 16 heavy (non-hydrogen) atoms. The van der Waals surface area contributed by atoms with E-state index in [-0.39, 0.29) is 0 Å². The van der Waals surface area contributed by atoms with E-state index in [2.05, 4.69) is 13.0 Å². The van der Waals surface area contributed by atoms with Crippen molar-refractivity contribution in [2.45, 2.75) is 13.3 Å². The van der Waals surface area contributed by atoms with Gasteiger partial charge in [0.2, 0.25) is 0 Å². The van der Waals surface area contributed by atoms with Gasteiger partial charge in [-0.05, 0) is 24.6 Å². The molecule has 0 aliphatic heterocycles. The number of hydrogen-bond donors (Lipinski definition) is 0. The van der Waals surface area contributed by atoms with Gasteiger partial charge >= 0.3 is 0 Å². The number of aryl methyl sites for hydroxylation is 1. The Labute approximate surface area is 97.3 Å². The smallest absolute Gasteiger partial charge is 0.119 e. The lowest BCUT2D eigenvalue weighted by Crippen LogP contribution is -2.06. The van der Waals surface area contributed by atoms with Crippen LogP contribution in [0, 0.1) is 6.92 Å². The Bertz CT molecular complexity index is 286. The van der Waals surface area contributed by atoms with Gasteiger partial charge in [-0.25, -0.2) is 0 Å². The largest absolute Gasteiger partial charge is 0.493 e. The van der Waals surface area contributed by atoms with Crippen molar-refractivity contribution < 1.29 is 14.2 Å². The molecule has 0 heterocycles. The van der Waals surface area contributed by atoms with Crippen LogP contribution >= 0.6 is 0 Å². The van der Waals surface area contributed by atoms with Crippen molar-refractivity contribution in [2.75, 3.05) is 33.5 Å². The molecule has 0 saturated carbocycles. The maximum absolute atomic E-state index is 5.58. The highest BCUT2D eigenvalue weighted by Crippen LogP contribution is 2.12. The fourth-order valence-electron chi connectivity index (χ4n) is 1.30. The topological polar surface area (TPSA) is 27.7 Å². The highest BCUT2D eigenvalue weighted by Gasteiger charge is 1.94. The quantitative estimate of drug-likeness (QED) is 0.635. The van der Waals surface area contributed by atoms with Crippen LogP contribution in [0.4, 0.5) is 0 Å². The second kappa shape index (κ2) is 8.13. The fourth-order valence-corrected chi connectivity index (χ4v) is 1.30. The normalized spacial score (nSPS) is 10.4. The molecule has 0 saturated heterocycles. The Morgan fingerprint density at radius 2 is 1.94 bits per heavy atom. The Morgan fingerprint density at radius 3 is 2.69 bits per heavy atom. The Balaban J connectivity index is 2.03. The van der Waals surface area contributed by atoms with Gasteiger partial charge in [-0.3, -0.25) is 0 Å². The van der Waals surface area contributed by atoms with Crippen molar-refractivity contribution in [2.24, 2.45) is 0 Å². The summed E-state index contributed by atoms with van der Waals surface area (Å²) in [7, 11) is 1.67. The van der Waals surface area contributed by atoms with Gasteiger partial charge in [0, 0.05) is 20.1 Å². The predicted molar refractivity (Wildman–Crippen MR) is 64.0 cm³/mol. The lowest BCUT2D eigenvalue weighted by molar-refractivity contribution is 0.0644. The molecule has 0 spiro atoms. The Kier molecular flexibility index (Phi) is 6.61.